The molecule has 3 saturated heterocycles. The van der Waals surface area contributed by atoms with Gasteiger partial charge in [0.15, 0.2) is 5.79 Å². The number of likely N-dealkylation sites (tertiary alicyclic amines) is 1. The molecule has 314 valence electrons. The third-order valence-electron chi connectivity index (χ3n) is 14.1. The number of fused-ring (bicyclic) bond motifs is 3. The number of carbonyl (C=O) groups is 3. The molecule has 57 heavy (non-hydrogen) atoms. The van der Waals surface area contributed by atoms with Gasteiger partial charge >= 0.3 is 5.97 Å². The zero-order chi connectivity index (χ0) is 40.4. The molecule has 6 aliphatic rings. The predicted octanol–water partition coefficient (Wildman–Crippen LogP) is 8.06. The van der Waals surface area contributed by atoms with Crippen molar-refractivity contribution in [2.45, 2.75) is 179 Å². The van der Waals surface area contributed by atoms with Gasteiger partial charge < -0.3 is 34.3 Å². The lowest BCUT2D eigenvalue weighted by Crippen LogP contribution is -2.49. The summed E-state index contributed by atoms with van der Waals surface area (Å²) in [7, 11) is 0. The Morgan fingerprint density at radius 1 is 1.00 bits per heavy atom. The molecule has 7 rings (SSSR count). The van der Waals surface area contributed by atoms with E-state index < -0.39 is 36.1 Å². The smallest absolute Gasteiger partial charge is 0.338 e. The van der Waals surface area contributed by atoms with Gasteiger partial charge in [0, 0.05) is 37.9 Å². The monoisotopic (exact) mass is 788 g/mol. The van der Waals surface area contributed by atoms with Crippen LogP contribution in [0.1, 0.15) is 153 Å². The standard InChI is InChI=1S/C47H68N2O8/c1-6-8-10-20-47(21-11-9-7-2)55-39-29-34(43(52)49-24-13-16-37(49)42(51)48-23-25-50)28-38(41(39)57-47)54-44(53)33-15-12-14-31(27-33)26-32-17-18-40-46(5,56-40)22-19-36-35(32)30-45(36,3)4/h12,14-15,26-27,29,35-41,50H,6-11,13,16-25,28,30H2,1-5H3,(H,48,51). The molecule has 2 saturated carbocycles. The van der Waals surface area contributed by atoms with E-state index in [1.54, 1.807) is 11.0 Å². The van der Waals surface area contributed by atoms with Gasteiger partial charge in [-0.25, -0.2) is 4.79 Å². The summed E-state index contributed by atoms with van der Waals surface area (Å²) in [5, 5.41) is 12.0. The van der Waals surface area contributed by atoms with Crippen molar-refractivity contribution in [1.82, 2.24) is 10.2 Å². The molecule has 1 aromatic carbocycles. The largest absolute Gasteiger partial charge is 0.456 e. The molecule has 8 unspecified atom stereocenters. The summed E-state index contributed by atoms with van der Waals surface area (Å²) < 4.78 is 26.3. The summed E-state index contributed by atoms with van der Waals surface area (Å²) in [6, 6.07) is 7.12. The molecule has 0 aromatic heterocycles. The van der Waals surface area contributed by atoms with Crippen LogP contribution >= 0.6 is 0 Å². The molecule has 3 aliphatic heterocycles. The predicted molar refractivity (Wildman–Crippen MR) is 219 cm³/mol. The number of hydrogen-bond donors (Lipinski definition) is 2. The molecule has 8 atom stereocenters. The summed E-state index contributed by atoms with van der Waals surface area (Å²) in [5.74, 6) is -0.613. The van der Waals surface area contributed by atoms with Gasteiger partial charge in [-0.15, -0.1) is 0 Å². The van der Waals surface area contributed by atoms with E-state index in [2.05, 4.69) is 52.1 Å². The molecule has 0 spiro atoms. The second-order valence-corrected chi connectivity index (χ2v) is 18.7. The van der Waals surface area contributed by atoms with Crippen molar-refractivity contribution in [1.29, 1.82) is 0 Å². The molecule has 3 heterocycles. The molecule has 1 aromatic rings. The van der Waals surface area contributed by atoms with Crippen LogP contribution in [-0.2, 0) is 28.5 Å². The highest BCUT2D eigenvalue weighted by atomic mass is 16.8. The van der Waals surface area contributed by atoms with Crippen molar-refractivity contribution in [3.05, 3.63) is 52.6 Å². The first-order chi connectivity index (χ1) is 27.4. The maximum Gasteiger partial charge on any atom is 0.338 e. The van der Waals surface area contributed by atoms with E-state index in [1.807, 2.05) is 18.2 Å². The van der Waals surface area contributed by atoms with Gasteiger partial charge in [0.2, 0.25) is 11.8 Å². The highest BCUT2D eigenvalue weighted by Gasteiger charge is 2.56. The second kappa shape index (κ2) is 17.7. The number of hydrogen-bond acceptors (Lipinski definition) is 8. The number of amides is 2. The first kappa shape index (κ1) is 42.1. The van der Waals surface area contributed by atoms with Gasteiger partial charge in [-0.2, -0.15) is 0 Å². The Morgan fingerprint density at radius 2 is 1.77 bits per heavy atom. The number of allylic oxidation sites excluding steroid dienone is 1. The molecular formula is C47H68N2O8. The van der Waals surface area contributed by atoms with Crippen molar-refractivity contribution in [3.8, 4) is 0 Å². The van der Waals surface area contributed by atoms with Gasteiger partial charge in [0.1, 0.15) is 24.4 Å². The van der Waals surface area contributed by atoms with E-state index in [1.165, 1.54) is 18.4 Å². The molecule has 10 nitrogen and oxygen atoms in total. The van der Waals surface area contributed by atoms with Crippen molar-refractivity contribution < 1.29 is 38.4 Å². The summed E-state index contributed by atoms with van der Waals surface area (Å²) in [5.41, 5.74) is 3.72. The Balaban J connectivity index is 1.13. The van der Waals surface area contributed by atoms with Crippen LogP contribution < -0.4 is 5.32 Å². The van der Waals surface area contributed by atoms with Crippen LogP contribution in [0.5, 0.6) is 0 Å². The van der Waals surface area contributed by atoms with Crippen LogP contribution in [0.25, 0.3) is 6.08 Å². The number of aliphatic hydroxyl groups is 1. The number of epoxide rings is 1. The topological polar surface area (TPSA) is 127 Å². The first-order valence-electron chi connectivity index (χ1n) is 22.3. The number of benzene rings is 1. The van der Waals surface area contributed by atoms with Crippen LogP contribution in [-0.4, -0.2) is 89.3 Å². The van der Waals surface area contributed by atoms with E-state index in [9.17, 15) is 19.5 Å². The van der Waals surface area contributed by atoms with Gasteiger partial charge in [-0.1, -0.05) is 77.2 Å². The zero-order valence-corrected chi connectivity index (χ0v) is 35.2. The number of unbranched alkanes of at least 4 members (excludes halogenated alkanes) is 4. The number of ether oxygens (including phenoxy) is 4. The maximum atomic E-state index is 14.3. The highest BCUT2D eigenvalue weighted by Crippen LogP contribution is 2.60. The zero-order valence-electron chi connectivity index (χ0n) is 35.2. The Labute approximate surface area is 340 Å². The van der Waals surface area contributed by atoms with Crippen molar-refractivity contribution in [3.63, 3.8) is 0 Å². The SMILES string of the molecule is CCCCCC1(CCCCC)OC2C=C(C(=O)N3CCCC3C(=O)NCCO)CC(OC(=O)c3cccc(C=C4CCC5OC5(C)CCC5C4CC5(C)C)c3)C2O1. The van der Waals surface area contributed by atoms with Gasteiger partial charge in [-0.05, 0) is 106 Å². The van der Waals surface area contributed by atoms with Crippen LogP contribution in [0.3, 0.4) is 0 Å². The van der Waals surface area contributed by atoms with Gasteiger partial charge in [0.05, 0.1) is 23.9 Å². The van der Waals surface area contributed by atoms with Crippen LogP contribution in [0.15, 0.2) is 41.5 Å². The third kappa shape index (κ3) is 9.24. The molecule has 2 amide bonds. The second-order valence-electron chi connectivity index (χ2n) is 18.7. The summed E-state index contributed by atoms with van der Waals surface area (Å²) in [6.45, 7) is 11.9. The minimum Gasteiger partial charge on any atom is -0.456 e. The van der Waals surface area contributed by atoms with E-state index in [-0.39, 0.29) is 37.0 Å². The molecule has 2 N–H and O–H groups in total. The van der Waals surface area contributed by atoms with Crippen LogP contribution in [0.2, 0.25) is 0 Å². The van der Waals surface area contributed by atoms with Gasteiger partial charge in [-0.3, -0.25) is 9.59 Å². The number of rotatable bonds is 15. The quantitative estimate of drug-likeness (QED) is 0.104. The van der Waals surface area contributed by atoms with E-state index >= 15 is 0 Å². The minimum atomic E-state index is -0.820. The van der Waals surface area contributed by atoms with Crippen LogP contribution in [0, 0.1) is 17.3 Å². The lowest BCUT2D eigenvalue weighted by molar-refractivity contribution is -0.190. The molecule has 5 fully saturated rings. The van der Waals surface area contributed by atoms with Crippen LogP contribution in [0.4, 0.5) is 0 Å². The molecule has 10 heteroatoms. The van der Waals surface area contributed by atoms with Crippen molar-refractivity contribution in [2.24, 2.45) is 17.3 Å². The number of nitrogens with one attached hydrogen (secondary N) is 1. The Bertz CT molecular complexity index is 1680. The average molecular weight is 789 g/mol. The highest BCUT2D eigenvalue weighted by molar-refractivity contribution is 5.98. The Hall–Kier alpha value is -3.05. The van der Waals surface area contributed by atoms with E-state index in [4.69, 9.17) is 18.9 Å². The Kier molecular flexibility index (Phi) is 13.0. The summed E-state index contributed by atoms with van der Waals surface area (Å²) in [6.07, 6.45) is 17.2. The van der Waals surface area contributed by atoms with E-state index in [0.29, 0.717) is 53.9 Å². The summed E-state index contributed by atoms with van der Waals surface area (Å²) in [4.78, 5) is 43.1. The van der Waals surface area contributed by atoms with Crippen molar-refractivity contribution in [2.75, 3.05) is 19.7 Å². The number of nitrogens with zero attached hydrogens (tertiary/aromatic N) is 1. The average Bonchev–Trinajstić information content (AvgIpc) is 3.48. The third-order valence-corrected chi connectivity index (χ3v) is 14.1. The lowest BCUT2D eigenvalue weighted by atomic mass is 9.52. The number of esters is 1. The van der Waals surface area contributed by atoms with Crippen molar-refractivity contribution >= 4 is 23.9 Å². The Morgan fingerprint density at radius 3 is 2.49 bits per heavy atom. The number of aliphatic hydroxyl groups excluding tert-OH is 1. The number of carbonyl (C=O) groups excluding carboxylic acids is 3. The van der Waals surface area contributed by atoms with E-state index in [0.717, 1.165) is 76.2 Å². The minimum absolute atomic E-state index is 0.0248. The maximum absolute atomic E-state index is 14.3. The molecule has 0 radical (unpaired) electrons. The fourth-order valence-electron chi connectivity index (χ4n) is 10.7. The first-order valence-corrected chi connectivity index (χ1v) is 22.3. The molecule has 3 aliphatic carbocycles. The molecular weight excluding hydrogens is 721 g/mol. The molecule has 0 bridgehead atoms. The fourth-order valence-corrected chi connectivity index (χ4v) is 10.7. The fraction of sp³-hybridized carbons (Fsp3) is 0.723. The van der Waals surface area contributed by atoms with Gasteiger partial charge in [0.25, 0.3) is 0 Å². The normalized spacial score (nSPS) is 33.1. The lowest BCUT2D eigenvalue weighted by Gasteiger charge is -2.53. The summed E-state index contributed by atoms with van der Waals surface area (Å²) >= 11 is 0.